The SMILES string of the molecule is C=CCC(C#N)(C#N)Cc1c(F)cc(F)cc1F. The summed E-state index contributed by atoms with van der Waals surface area (Å²) < 4.78 is 39.6. The van der Waals surface area contributed by atoms with Gasteiger partial charge in [-0.25, -0.2) is 13.2 Å². The van der Waals surface area contributed by atoms with Gasteiger partial charge in [-0.15, -0.1) is 6.58 Å². The molecule has 0 unspecified atom stereocenters. The minimum atomic E-state index is -1.60. The first-order chi connectivity index (χ1) is 8.48. The Hall–Kier alpha value is -2.27. The first-order valence-corrected chi connectivity index (χ1v) is 5.05. The van der Waals surface area contributed by atoms with E-state index in [0.29, 0.717) is 12.1 Å². The predicted octanol–water partition coefficient (Wildman–Crippen LogP) is 3.26. The Kier molecular flexibility index (Phi) is 4.12. The first-order valence-electron chi connectivity index (χ1n) is 5.05. The lowest BCUT2D eigenvalue weighted by atomic mass is 9.81. The fourth-order valence-corrected chi connectivity index (χ4v) is 1.56. The van der Waals surface area contributed by atoms with Crippen LogP contribution >= 0.6 is 0 Å². The van der Waals surface area contributed by atoms with E-state index in [1.165, 1.54) is 6.08 Å². The van der Waals surface area contributed by atoms with Gasteiger partial charge in [-0.05, 0) is 6.42 Å². The van der Waals surface area contributed by atoms with E-state index in [-0.39, 0.29) is 6.42 Å². The van der Waals surface area contributed by atoms with Gasteiger partial charge in [0.15, 0.2) is 5.41 Å². The zero-order valence-electron chi connectivity index (χ0n) is 9.38. The molecule has 0 aliphatic carbocycles. The summed E-state index contributed by atoms with van der Waals surface area (Å²) in [5.74, 6) is -3.25. The van der Waals surface area contributed by atoms with Crippen molar-refractivity contribution in [2.24, 2.45) is 5.41 Å². The van der Waals surface area contributed by atoms with Gasteiger partial charge in [0.2, 0.25) is 0 Å². The van der Waals surface area contributed by atoms with Crippen LogP contribution in [0.4, 0.5) is 13.2 Å². The molecule has 1 rings (SSSR count). The number of nitriles is 2. The van der Waals surface area contributed by atoms with Gasteiger partial charge in [0, 0.05) is 24.1 Å². The highest BCUT2D eigenvalue weighted by molar-refractivity contribution is 5.28. The summed E-state index contributed by atoms with van der Waals surface area (Å²) in [6, 6.07) is 4.49. The quantitative estimate of drug-likeness (QED) is 0.770. The van der Waals surface area contributed by atoms with Gasteiger partial charge >= 0.3 is 0 Å². The molecule has 2 nitrogen and oxygen atoms in total. The third-order valence-electron chi connectivity index (χ3n) is 2.51. The summed E-state index contributed by atoms with van der Waals surface area (Å²) in [7, 11) is 0. The Morgan fingerprint density at radius 2 is 1.67 bits per heavy atom. The molecule has 0 aliphatic heterocycles. The summed E-state index contributed by atoms with van der Waals surface area (Å²) >= 11 is 0. The largest absolute Gasteiger partial charge is 0.207 e. The van der Waals surface area contributed by atoms with Crippen LogP contribution in [0, 0.1) is 45.5 Å². The second-order valence-electron chi connectivity index (χ2n) is 3.82. The number of nitrogens with zero attached hydrogens (tertiary/aromatic N) is 2. The maximum absolute atomic E-state index is 13.4. The normalized spacial score (nSPS) is 10.5. The maximum Gasteiger partial charge on any atom is 0.151 e. The van der Waals surface area contributed by atoms with E-state index in [4.69, 9.17) is 10.5 Å². The highest BCUT2D eigenvalue weighted by atomic mass is 19.1. The van der Waals surface area contributed by atoms with Crippen LogP contribution in [0.5, 0.6) is 0 Å². The van der Waals surface area contributed by atoms with Crippen molar-refractivity contribution in [3.63, 3.8) is 0 Å². The maximum atomic E-state index is 13.4. The average Bonchev–Trinajstić information content (AvgIpc) is 2.32. The van der Waals surface area contributed by atoms with E-state index in [9.17, 15) is 13.2 Å². The van der Waals surface area contributed by atoms with Crippen LogP contribution in [0.1, 0.15) is 12.0 Å². The number of allylic oxidation sites excluding steroid dienone is 1. The van der Waals surface area contributed by atoms with Crippen molar-refractivity contribution in [3.05, 3.63) is 47.8 Å². The van der Waals surface area contributed by atoms with Crippen LogP contribution in [-0.2, 0) is 6.42 Å². The molecule has 0 aliphatic rings. The Morgan fingerprint density at radius 3 is 2.06 bits per heavy atom. The summed E-state index contributed by atoms with van der Waals surface area (Å²) in [6.07, 6.45) is 0.839. The van der Waals surface area contributed by atoms with Gasteiger partial charge < -0.3 is 0 Å². The molecule has 5 heteroatoms. The first kappa shape index (κ1) is 13.8. The van der Waals surface area contributed by atoms with Crippen molar-refractivity contribution >= 4 is 0 Å². The monoisotopic (exact) mass is 250 g/mol. The lowest BCUT2D eigenvalue weighted by Gasteiger charge is -2.17. The van der Waals surface area contributed by atoms with Gasteiger partial charge in [0.25, 0.3) is 0 Å². The lowest BCUT2D eigenvalue weighted by molar-refractivity contribution is 0.468. The minimum Gasteiger partial charge on any atom is -0.207 e. The smallest absolute Gasteiger partial charge is 0.151 e. The Bertz CT molecular complexity index is 515. The number of hydrogen-bond acceptors (Lipinski definition) is 2. The molecular formula is C13H9F3N2. The van der Waals surface area contributed by atoms with Gasteiger partial charge in [-0.3, -0.25) is 0 Å². The Morgan fingerprint density at radius 1 is 1.17 bits per heavy atom. The molecule has 0 heterocycles. The molecule has 1 aromatic rings. The molecule has 18 heavy (non-hydrogen) atoms. The van der Waals surface area contributed by atoms with Crippen LogP contribution in [0.2, 0.25) is 0 Å². The number of benzene rings is 1. The highest BCUT2D eigenvalue weighted by Gasteiger charge is 2.31. The van der Waals surface area contributed by atoms with Gasteiger partial charge in [-0.1, -0.05) is 6.08 Å². The van der Waals surface area contributed by atoms with E-state index >= 15 is 0 Å². The molecular weight excluding hydrogens is 241 g/mol. The molecule has 0 spiro atoms. The summed E-state index contributed by atoms with van der Waals surface area (Å²) in [4.78, 5) is 0. The minimum absolute atomic E-state index is 0.0315. The summed E-state index contributed by atoms with van der Waals surface area (Å²) in [5.41, 5.74) is -2.07. The number of hydrogen-bond donors (Lipinski definition) is 0. The predicted molar refractivity (Wildman–Crippen MR) is 58.5 cm³/mol. The van der Waals surface area contributed by atoms with Crippen LogP contribution in [0.25, 0.3) is 0 Å². The fourth-order valence-electron chi connectivity index (χ4n) is 1.56. The van der Waals surface area contributed by atoms with E-state index in [0.717, 1.165) is 0 Å². The number of halogens is 3. The topological polar surface area (TPSA) is 47.6 Å². The van der Waals surface area contributed by atoms with Gasteiger partial charge in [-0.2, -0.15) is 10.5 Å². The van der Waals surface area contributed by atoms with Crippen molar-refractivity contribution in [2.45, 2.75) is 12.8 Å². The Balaban J connectivity index is 3.22. The molecule has 0 saturated carbocycles. The van der Waals surface area contributed by atoms with Gasteiger partial charge in [0.1, 0.15) is 17.5 Å². The number of rotatable bonds is 4. The van der Waals surface area contributed by atoms with Crippen LogP contribution in [0.15, 0.2) is 24.8 Å². The van der Waals surface area contributed by atoms with Crippen LogP contribution in [0.3, 0.4) is 0 Å². The molecule has 0 aromatic heterocycles. The van der Waals surface area contributed by atoms with Crippen LogP contribution in [-0.4, -0.2) is 0 Å². The third-order valence-corrected chi connectivity index (χ3v) is 2.51. The van der Waals surface area contributed by atoms with Crippen molar-refractivity contribution in [2.75, 3.05) is 0 Å². The summed E-state index contributed by atoms with van der Waals surface area (Å²) in [6.45, 7) is 3.39. The molecule has 0 amide bonds. The lowest BCUT2D eigenvalue weighted by Crippen LogP contribution is -2.20. The molecule has 0 saturated heterocycles. The zero-order chi connectivity index (χ0) is 13.8. The molecule has 0 radical (unpaired) electrons. The van der Waals surface area contributed by atoms with E-state index < -0.39 is 34.9 Å². The van der Waals surface area contributed by atoms with Crippen molar-refractivity contribution in [1.29, 1.82) is 10.5 Å². The van der Waals surface area contributed by atoms with Crippen molar-refractivity contribution in [3.8, 4) is 12.1 Å². The fraction of sp³-hybridized carbons (Fsp3) is 0.231. The average molecular weight is 250 g/mol. The molecule has 1 aromatic carbocycles. The standard InChI is InChI=1S/C13H9F3N2/c1-2-3-13(7-17,8-18)6-10-11(15)4-9(14)5-12(10)16/h2,4-5H,1,3,6H2. The molecule has 0 N–H and O–H groups in total. The van der Waals surface area contributed by atoms with Crippen molar-refractivity contribution < 1.29 is 13.2 Å². The molecule has 0 bridgehead atoms. The second-order valence-corrected chi connectivity index (χ2v) is 3.82. The third kappa shape index (κ3) is 2.70. The van der Waals surface area contributed by atoms with E-state index in [1.807, 2.05) is 0 Å². The summed E-state index contributed by atoms with van der Waals surface area (Å²) in [5, 5.41) is 17.9. The van der Waals surface area contributed by atoms with E-state index in [1.54, 1.807) is 12.1 Å². The molecule has 0 fully saturated rings. The van der Waals surface area contributed by atoms with Crippen LogP contribution < -0.4 is 0 Å². The highest BCUT2D eigenvalue weighted by Crippen LogP contribution is 2.29. The second kappa shape index (κ2) is 5.37. The Labute approximate surface area is 103 Å². The molecule has 92 valence electrons. The van der Waals surface area contributed by atoms with Crippen molar-refractivity contribution in [1.82, 2.24) is 0 Å². The molecule has 0 atom stereocenters. The van der Waals surface area contributed by atoms with Gasteiger partial charge in [0.05, 0.1) is 12.1 Å². The van der Waals surface area contributed by atoms with E-state index in [2.05, 4.69) is 6.58 Å². The zero-order valence-corrected chi connectivity index (χ0v) is 9.38.